The highest BCUT2D eigenvalue weighted by Crippen LogP contribution is 2.19. The summed E-state index contributed by atoms with van der Waals surface area (Å²) in [5, 5.41) is 8.48. The van der Waals surface area contributed by atoms with E-state index in [9.17, 15) is 4.79 Å². The van der Waals surface area contributed by atoms with Gasteiger partial charge >= 0.3 is 5.97 Å². The van der Waals surface area contributed by atoms with Crippen molar-refractivity contribution < 1.29 is 9.90 Å². The molecule has 0 aromatic rings. The number of hydrogen-bond acceptors (Lipinski definition) is 2. The minimum atomic E-state index is -0.995. The first-order chi connectivity index (χ1) is 4.41. The van der Waals surface area contributed by atoms with Crippen LogP contribution in [0.4, 0.5) is 0 Å². The van der Waals surface area contributed by atoms with Crippen molar-refractivity contribution in [2.75, 3.05) is 0 Å². The van der Waals surface area contributed by atoms with E-state index in [0.29, 0.717) is 0 Å². The number of rotatable bonds is 3. The number of carboxylic acid groups (broad SMARTS) is 1. The van der Waals surface area contributed by atoms with Crippen LogP contribution in [0, 0.1) is 5.41 Å². The Bertz CT molecular complexity index is 152. The van der Waals surface area contributed by atoms with E-state index in [4.69, 9.17) is 10.8 Å². The Labute approximate surface area is 60.5 Å². The van der Waals surface area contributed by atoms with Gasteiger partial charge in [-0.15, -0.1) is 6.58 Å². The van der Waals surface area contributed by atoms with Crippen LogP contribution in [0.2, 0.25) is 0 Å². The van der Waals surface area contributed by atoms with Gasteiger partial charge < -0.3 is 10.8 Å². The largest absolute Gasteiger partial charge is 0.480 e. The van der Waals surface area contributed by atoms with Crippen molar-refractivity contribution >= 4 is 5.97 Å². The van der Waals surface area contributed by atoms with Gasteiger partial charge in [-0.3, -0.25) is 4.79 Å². The van der Waals surface area contributed by atoms with Gasteiger partial charge in [0.1, 0.15) is 6.04 Å². The first-order valence-corrected chi connectivity index (χ1v) is 3.04. The predicted octanol–water partition coefficient (Wildman–Crippen LogP) is 0.611. The third kappa shape index (κ3) is 1.84. The van der Waals surface area contributed by atoms with E-state index in [2.05, 4.69) is 6.58 Å². The summed E-state index contributed by atoms with van der Waals surface area (Å²) in [7, 11) is 0. The summed E-state index contributed by atoms with van der Waals surface area (Å²) >= 11 is 0. The number of carbonyl (C=O) groups is 1. The van der Waals surface area contributed by atoms with Gasteiger partial charge in [-0.25, -0.2) is 0 Å². The summed E-state index contributed by atoms with van der Waals surface area (Å²) in [6, 6.07) is -0.870. The van der Waals surface area contributed by atoms with Gasteiger partial charge in [0.25, 0.3) is 0 Å². The standard InChI is InChI=1S/C7H13NO2/c1-4-7(2,3)5(8)6(9)10/h4-5H,1,8H2,2-3H3,(H,9,10)/t5-/m0/s1. The van der Waals surface area contributed by atoms with Crippen molar-refractivity contribution in [3.63, 3.8) is 0 Å². The molecule has 0 aliphatic carbocycles. The van der Waals surface area contributed by atoms with Crippen LogP contribution in [0.1, 0.15) is 13.8 Å². The number of aliphatic carboxylic acids is 1. The molecule has 0 radical (unpaired) electrons. The van der Waals surface area contributed by atoms with Crippen LogP contribution < -0.4 is 5.73 Å². The lowest BCUT2D eigenvalue weighted by Crippen LogP contribution is -2.42. The van der Waals surface area contributed by atoms with Gasteiger partial charge in [0.15, 0.2) is 0 Å². The minimum absolute atomic E-state index is 0.536. The average molecular weight is 143 g/mol. The zero-order chi connectivity index (χ0) is 8.36. The Kier molecular flexibility index (Phi) is 2.60. The molecule has 0 saturated carbocycles. The van der Waals surface area contributed by atoms with Gasteiger partial charge in [0, 0.05) is 5.41 Å². The first kappa shape index (κ1) is 9.17. The molecule has 0 spiro atoms. The van der Waals surface area contributed by atoms with Crippen molar-refractivity contribution in [2.24, 2.45) is 11.1 Å². The number of nitrogens with two attached hydrogens (primary N) is 1. The van der Waals surface area contributed by atoms with Crippen LogP contribution in [0.5, 0.6) is 0 Å². The molecule has 0 aromatic heterocycles. The Morgan fingerprint density at radius 1 is 1.80 bits per heavy atom. The molecular formula is C7H13NO2. The number of hydrogen-bond donors (Lipinski definition) is 2. The molecule has 3 N–H and O–H groups in total. The van der Waals surface area contributed by atoms with Gasteiger partial charge in [0.2, 0.25) is 0 Å². The quantitative estimate of drug-likeness (QED) is 0.569. The summed E-state index contributed by atoms with van der Waals surface area (Å²) in [6.07, 6.45) is 1.55. The van der Waals surface area contributed by atoms with Gasteiger partial charge in [-0.2, -0.15) is 0 Å². The van der Waals surface area contributed by atoms with E-state index in [-0.39, 0.29) is 0 Å². The Balaban J connectivity index is 4.31. The van der Waals surface area contributed by atoms with Crippen LogP contribution >= 0.6 is 0 Å². The maximum Gasteiger partial charge on any atom is 0.321 e. The number of carboxylic acids is 1. The van der Waals surface area contributed by atoms with E-state index < -0.39 is 17.4 Å². The van der Waals surface area contributed by atoms with Crippen LogP contribution in [-0.2, 0) is 4.79 Å². The van der Waals surface area contributed by atoms with Crippen molar-refractivity contribution in [3.8, 4) is 0 Å². The predicted molar refractivity (Wildman–Crippen MR) is 39.6 cm³/mol. The molecule has 0 fully saturated rings. The maximum absolute atomic E-state index is 10.3. The lowest BCUT2D eigenvalue weighted by atomic mass is 9.85. The van der Waals surface area contributed by atoms with E-state index in [1.54, 1.807) is 19.9 Å². The second-order valence-electron chi connectivity index (χ2n) is 2.84. The summed E-state index contributed by atoms with van der Waals surface area (Å²) in [5.41, 5.74) is 4.80. The third-order valence-corrected chi connectivity index (χ3v) is 1.59. The van der Waals surface area contributed by atoms with Crippen LogP contribution in [0.25, 0.3) is 0 Å². The molecule has 0 unspecified atom stereocenters. The molecule has 0 saturated heterocycles. The van der Waals surface area contributed by atoms with E-state index in [0.717, 1.165) is 0 Å². The monoisotopic (exact) mass is 143 g/mol. The molecule has 3 heteroatoms. The highest BCUT2D eigenvalue weighted by atomic mass is 16.4. The van der Waals surface area contributed by atoms with E-state index in [1.807, 2.05) is 0 Å². The highest BCUT2D eigenvalue weighted by molar-refractivity contribution is 5.74. The van der Waals surface area contributed by atoms with Crippen LogP contribution in [-0.4, -0.2) is 17.1 Å². The SMILES string of the molecule is C=CC(C)(C)[C@@H](N)C(=O)O. The fraction of sp³-hybridized carbons (Fsp3) is 0.571. The van der Waals surface area contributed by atoms with Gasteiger partial charge in [-0.05, 0) is 0 Å². The maximum atomic E-state index is 10.3. The molecule has 1 atom stereocenters. The molecule has 0 amide bonds. The second kappa shape index (κ2) is 2.84. The molecule has 0 bridgehead atoms. The smallest absolute Gasteiger partial charge is 0.321 e. The van der Waals surface area contributed by atoms with E-state index >= 15 is 0 Å². The zero-order valence-electron chi connectivity index (χ0n) is 6.29. The molecule has 0 heterocycles. The average Bonchev–Trinajstić information content (AvgIpc) is 1.86. The van der Waals surface area contributed by atoms with Crippen molar-refractivity contribution in [1.29, 1.82) is 0 Å². The van der Waals surface area contributed by atoms with Crippen molar-refractivity contribution in [3.05, 3.63) is 12.7 Å². The van der Waals surface area contributed by atoms with Gasteiger partial charge in [-0.1, -0.05) is 19.9 Å². The Hall–Kier alpha value is -0.830. The third-order valence-electron chi connectivity index (χ3n) is 1.59. The summed E-state index contributed by atoms with van der Waals surface area (Å²) in [5.74, 6) is -0.995. The molecule has 0 aliphatic rings. The first-order valence-electron chi connectivity index (χ1n) is 3.04. The lowest BCUT2D eigenvalue weighted by Gasteiger charge is -2.23. The fourth-order valence-electron chi connectivity index (χ4n) is 0.445. The summed E-state index contributed by atoms with van der Waals surface area (Å²) < 4.78 is 0. The molecule has 0 aliphatic heterocycles. The van der Waals surface area contributed by atoms with Crippen LogP contribution in [0.3, 0.4) is 0 Å². The zero-order valence-corrected chi connectivity index (χ0v) is 6.29. The molecular weight excluding hydrogens is 130 g/mol. The summed E-state index contributed by atoms with van der Waals surface area (Å²) in [4.78, 5) is 10.3. The second-order valence-corrected chi connectivity index (χ2v) is 2.84. The molecule has 58 valence electrons. The van der Waals surface area contributed by atoms with Gasteiger partial charge in [0.05, 0.1) is 0 Å². The fourth-order valence-corrected chi connectivity index (χ4v) is 0.445. The van der Waals surface area contributed by atoms with E-state index in [1.165, 1.54) is 0 Å². The Morgan fingerprint density at radius 2 is 2.20 bits per heavy atom. The van der Waals surface area contributed by atoms with Crippen LogP contribution in [0.15, 0.2) is 12.7 Å². The lowest BCUT2D eigenvalue weighted by molar-refractivity contribution is -0.140. The molecule has 0 rings (SSSR count). The highest BCUT2D eigenvalue weighted by Gasteiger charge is 2.28. The Morgan fingerprint density at radius 3 is 2.30 bits per heavy atom. The normalized spacial score (nSPS) is 14.3. The molecule has 3 nitrogen and oxygen atoms in total. The molecule has 10 heavy (non-hydrogen) atoms. The van der Waals surface area contributed by atoms with Crippen molar-refractivity contribution in [2.45, 2.75) is 19.9 Å². The van der Waals surface area contributed by atoms with Crippen molar-refractivity contribution in [1.82, 2.24) is 0 Å². The molecule has 0 aromatic carbocycles. The topological polar surface area (TPSA) is 63.3 Å². The minimum Gasteiger partial charge on any atom is -0.480 e. The summed E-state index contributed by atoms with van der Waals surface area (Å²) in [6.45, 7) is 6.96.